The van der Waals surface area contributed by atoms with Crippen LogP contribution in [0.25, 0.3) is 10.9 Å². The fourth-order valence-electron chi connectivity index (χ4n) is 4.97. The molecule has 2 aromatic heterocycles. The van der Waals surface area contributed by atoms with Gasteiger partial charge in [0.25, 0.3) is 0 Å². The number of nitrogens with zero attached hydrogens (tertiary/aromatic N) is 4. The van der Waals surface area contributed by atoms with E-state index in [0.29, 0.717) is 19.6 Å². The lowest BCUT2D eigenvalue weighted by molar-refractivity contribution is -0.117. The third kappa shape index (κ3) is 3.42. The summed E-state index contributed by atoms with van der Waals surface area (Å²) in [6.45, 7) is 7.11. The first kappa shape index (κ1) is 20.2. The number of rotatable bonds is 6. The fourth-order valence-corrected chi connectivity index (χ4v) is 4.97. The molecule has 31 heavy (non-hydrogen) atoms. The van der Waals surface area contributed by atoms with Crippen LogP contribution in [0.5, 0.6) is 0 Å². The number of fused-ring (bicyclic) bond motifs is 2. The predicted molar refractivity (Wildman–Crippen MR) is 120 cm³/mol. The van der Waals surface area contributed by atoms with Gasteiger partial charge in [-0.2, -0.15) is 0 Å². The van der Waals surface area contributed by atoms with Gasteiger partial charge in [-0.25, -0.2) is 9.97 Å². The van der Waals surface area contributed by atoms with E-state index in [2.05, 4.69) is 41.1 Å². The number of carbonyl (C=O) groups excluding carboxylic acids is 1. The summed E-state index contributed by atoms with van der Waals surface area (Å²) in [6.07, 6.45) is 4.46. The summed E-state index contributed by atoms with van der Waals surface area (Å²) >= 11 is 0. The highest BCUT2D eigenvalue weighted by atomic mass is 16.5. The zero-order valence-corrected chi connectivity index (χ0v) is 18.4. The number of H-pyrrole nitrogens is 1. The zero-order valence-electron chi connectivity index (χ0n) is 18.4. The summed E-state index contributed by atoms with van der Waals surface area (Å²) in [7, 11) is 1.65. The third-order valence-corrected chi connectivity index (χ3v) is 6.86. The highest BCUT2D eigenvalue weighted by Gasteiger charge is 2.42. The highest BCUT2D eigenvalue weighted by molar-refractivity contribution is 6.00. The van der Waals surface area contributed by atoms with Crippen molar-refractivity contribution in [2.45, 2.75) is 45.2 Å². The summed E-state index contributed by atoms with van der Waals surface area (Å²) in [5.41, 5.74) is 4.04. The van der Waals surface area contributed by atoms with Crippen LogP contribution >= 0.6 is 0 Å². The van der Waals surface area contributed by atoms with Crippen molar-refractivity contribution in [3.63, 3.8) is 0 Å². The molecule has 1 atom stereocenters. The number of hydrogen-bond donors (Lipinski definition) is 1. The summed E-state index contributed by atoms with van der Waals surface area (Å²) in [4.78, 5) is 30.0. The first-order chi connectivity index (χ1) is 15.0. The molecule has 7 nitrogen and oxygen atoms in total. The molecular weight excluding hydrogens is 390 g/mol. The molecule has 0 saturated carbocycles. The van der Waals surface area contributed by atoms with Gasteiger partial charge < -0.3 is 9.72 Å². The molecule has 162 valence electrons. The Morgan fingerprint density at radius 1 is 1.26 bits per heavy atom. The van der Waals surface area contributed by atoms with Crippen LogP contribution in [-0.2, 0) is 28.0 Å². The van der Waals surface area contributed by atoms with Crippen LogP contribution in [0.15, 0.2) is 30.5 Å². The van der Waals surface area contributed by atoms with Gasteiger partial charge in [0.05, 0.1) is 25.1 Å². The lowest BCUT2D eigenvalue weighted by Crippen LogP contribution is -2.40. The van der Waals surface area contributed by atoms with Gasteiger partial charge in [0.1, 0.15) is 5.82 Å². The second-order valence-electron chi connectivity index (χ2n) is 8.85. The predicted octanol–water partition coefficient (Wildman–Crippen LogP) is 3.31. The number of anilines is 1. The van der Waals surface area contributed by atoms with E-state index in [1.165, 1.54) is 10.9 Å². The molecule has 5 rings (SSSR count). The first-order valence-corrected chi connectivity index (χ1v) is 11.0. The molecule has 1 N–H and O–H groups in total. The number of carbonyl (C=O) groups is 1. The summed E-state index contributed by atoms with van der Waals surface area (Å²) < 4.78 is 5.21. The Balaban J connectivity index is 1.47. The van der Waals surface area contributed by atoms with Crippen LogP contribution in [0.3, 0.4) is 0 Å². The van der Waals surface area contributed by atoms with E-state index in [4.69, 9.17) is 14.7 Å². The molecule has 0 radical (unpaired) electrons. The van der Waals surface area contributed by atoms with E-state index >= 15 is 0 Å². The molecule has 1 aromatic carbocycles. The van der Waals surface area contributed by atoms with Gasteiger partial charge >= 0.3 is 0 Å². The van der Waals surface area contributed by atoms with Crippen molar-refractivity contribution in [3.8, 4) is 0 Å². The lowest BCUT2D eigenvalue weighted by atomic mass is 9.96. The summed E-state index contributed by atoms with van der Waals surface area (Å²) in [5, 5.41) is 1.23. The maximum Gasteiger partial charge on any atom is 0.232 e. The van der Waals surface area contributed by atoms with E-state index in [9.17, 15) is 4.79 Å². The minimum absolute atomic E-state index is 0.0780. The molecule has 0 bridgehead atoms. The number of aromatic nitrogens is 3. The zero-order chi connectivity index (χ0) is 21.6. The number of benzene rings is 1. The molecule has 2 aliphatic heterocycles. The van der Waals surface area contributed by atoms with Gasteiger partial charge in [-0.3, -0.25) is 14.6 Å². The normalized spacial score (nSPS) is 21.4. The molecule has 0 spiro atoms. The molecule has 1 amide bonds. The maximum atomic E-state index is 12.6. The molecule has 1 saturated heterocycles. The molecule has 2 aliphatic rings. The quantitative estimate of drug-likeness (QED) is 0.664. The van der Waals surface area contributed by atoms with Crippen LogP contribution in [0.4, 0.5) is 5.82 Å². The molecular formula is C24H29N5O2. The largest absolute Gasteiger partial charge is 0.383 e. The second-order valence-corrected chi connectivity index (χ2v) is 8.85. The van der Waals surface area contributed by atoms with Crippen molar-refractivity contribution in [1.82, 2.24) is 19.9 Å². The minimum atomic E-state index is -0.261. The Bertz CT molecular complexity index is 1140. The number of aryl methyl sites for hydroxylation is 1. The van der Waals surface area contributed by atoms with Crippen molar-refractivity contribution >= 4 is 22.6 Å². The van der Waals surface area contributed by atoms with Gasteiger partial charge in [0.15, 0.2) is 5.82 Å². The highest BCUT2D eigenvalue weighted by Crippen LogP contribution is 2.40. The molecule has 7 heteroatoms. The Kier molecular flexibility index (Phi) is 5.02. The van der Waals surface area contributed by atoms with Gasteiger partial charge in [-0.05, 0) is 56.3 Å². The Labute approximate surface area is 182 Å². The van der Waals surface area contributed by atoms with Gasteiger partial charge in [0.2, 0.25) is 5.91 Å². The van der Waals surface area contributed by atoms with Crippen LogP contribution in [0.1, 0.15) is 42.4 Å². The molecule has 3 aromatic rings. The number of nitrogens with one attached hydrogen (secondary N) is 1. The Hall–Kier alpha value is -2.77. The molecule has 0 unspecified atom stereocenters. The van der Waals surface area contributed by atoms with E-state index in [0.717, 1.165) is 54.3 Å². The number of likely N-dealkylation sites (tertiary alicyclic amines) is 1. The topological polar surface area (TPSA) is 74.3 Å². The fraction of sp³-hybridized carbons (Fsp3) is 0.458. The van der Waals surface area contributed by atoms with Crippen LogP contribution in [-0.4, -0.2) is 52.6 Å². The number of ether oxygens (including phenoxy) is 1. The van der Waals surface area contributed by atoms with Crippen LogP contribution < -0.4 is 4.90 Å². The maximum absolute atomic E-state index is 12.6. The van der Waals surface area contributed by atoms with E-state index in [1.54, 1.807) is 12.0 Å². The number of aromatic amines is 1. The Morgan fingerprint density at radius 3 is 2.97 bits per heavy atom. The van der Waals surface area contributed by atoms with E-state index in [1.807, 2.05) is 13.1 Å². The third-order valence-electron chi connectivity index (χ3n) is 6.86. The van der Waals surface area contributed by atoms with Crippen LogP contribution in [0, 0.1) is 6.92 Å². The lowest BCUT2D eigenvalue weighted by Gasteiger charge is -2.34. The van der Waals surface area contributed by atoms with Gasteiger partial charge in [0, 0.05) is 36.6 Å². The van der Waals surface area contributed by atoms with Gasteiger partial charge in [-0.15, -0.1) is 0 Å². The SMILES string of the molecule is COCCN1C(=O)Cc2c(C)nc([C@]3(C)CCCN3Cc3ccc4cc[nH]c4c3)nc21. The van der Waals surface area contributed by atoms with Crippen molar-refractivity contribution in [2.24, 2.45) is 0 Å². The van der Waals surface area contributed by atoms with Gasteiger partial charge in [-0.1, -0.05) is 12.1 Å². The van der Waals surface area contributed by atoms with Crippen molar-refractivity contribution in [2.75, 3.05) is 31.7 Å². The molecule has 1 fully saturated rings. The number of amides is 1. The van der Waals surface area contributed by atoms with Crippen molar-refractivity contribution in [1.29, 1.82) is 0 Å². The Morgan fingerprint density at radius 2 is 2.13 bits per heavy atom. The van der Waals surface area contributed by atoms with E-state index in [-0.39, 0.29) is 11.4 Å². The monoisotopic (exact) mass is 419 g/mol. The summed E-state index contributed by atoms with van der Waals surface area (Å²) in [5.74, 6) is 1.67. The number of methoxy groups -OCH3 is 1. The average Bonchev–Trinajstić information content (AvgIpc) is 3.45. The van der Waals surface area contributed by atoms with Crippen molar-refractivity contribution in [3.05, 3.63) is 53.1 Å². The standard InChI is InChI=1S/C24H29N5O2/c1-16-19-14-21(30)29(11-12-31-3)22(19)27-23(26-16)24(2)8-4-10-28(24)15-17-5-6-18-7-9-25-20(18)13-17/h5-7,9,13,25H,4,8,10-12,14-15H2,1-3H3/t24-/m0/s1. The van der Waals surface area contributed by atoms with Crippen LogP contribution in [0.2, 0.25) is 0 Å². The minimum Gasteiger partial charge on any atom is -0.383 e. The molecule has 4 heterocycles. The first-order valence-electron chi connectivity index (χ1n) is 11.0. The van der Waals surface area contributed by atoms with Crippen molar-refractivity contribution < 1.29 is 9.53 Å². The second kappa shape index (κ2) is 7.73. The van der Waals surface area contributed by atoms with E-state index < -0.39 is 0 Å². The molecule has 0 aliphatic carbocycles. The smallest absolute Gasteiger partial charge is 0.232 e. The average molecular weight is 420 g/mol. The number of hydrogen-bond acceptors (Lipinski definition) is 5. The summed E-state index contributed by atoms with van der Waals surface area (Å²) in [6, 6.07) is 8.70.